The average Bonchev–Trinajstić information content (AvgIpc) is 2.65. The first-order chi connectivity index (χ1) is 8.74. The van der Waals surface area contributed by atoms with Crippen LogP contribution in [0.25, 0.3) is 10.9 Å². The van der Waals surface area contributed by atoms with Crippen molar-refractivity contribution in [2.75, 3.05) is 6.54 Å². The highest BCUT2D eigenvalue weighted by Crippen LogP contribution is 2.26. The third-order valence-corrected chi connectivity index (χ3v) is 3.77. The van der Waals surface area contributed by atoms with Crippen molar-refractivity contribution < 1.29 is 5.11 Å². The van der Waals surface area contributed by atoms with Gasteiger partial charge in [-0.05, 0) is 31.4 Å². The highest BCUT2D eigenvalue weighted by molar-refractivity contribution is 5.81. The molecule has 0 unspecified atom stereocenters. The SMILES string of the molecule is Cn1nc(CNCC2CC(O)C2)c2ccccc21. The topological polar surface area (TPSA) is 50.1 Å². The number of fused-ring (bicyclic) bond motifs is 1. The average molecular weight is 245 g/mol. The summed E-state index contributed by atoms with van der Waals surface area (Å²) in [5.74, 6) is 0.634. The van der Waals surface area contributed by atoms with Crippen LogP contribution in [0.5, 0.6) is 0 Å². The molecule has 1 aromatic carbocycles. The third-order valence-electron chi connectivity index (χ3n) is 3.77. The number of aryl methyl sites for hydroxylation is 1. The Kier molecular flexibility index (Phi) is 3.06. The molecule has 0 atom stereocenters. The number of nitrogens with one attached hydrogen (secondary N) is 1. The van der Waals surface area contributed by atoms with Gasteiger partial charge in [-0.3, -0.25) is 4.68 Å². The molecule has 1 aliphatic carbocycles. The van der Waals surface area contributed by atoms with Crippen LogP contribution in [0.15, 0.2) is 24.3 Å². The molecule has 4 heteroatoms. The van der Waals surface area contributed by atoms with Gasteiger partial charge in [0.1, 0.15) is 0 Å². The summed E-state index contributed by atoms with van der Waals surface area (Å²) < 4.78 is 1.93. The van der Waals surface area contributed by atoms with Crippen LogP contribution in [-0.4, -0.2) is 27.5 Å². The second-order valence-corrected chi connectivity index (χ2v) is 5.21. The Hall–Kier alpha value is -1.39. The summed E-state index contributed by atoms with van der Waals surface area (Å²) in [4.78, 5) is 0. The van der Waals surface area contributed by atoms with E-state index in [0.717, 1.165) is 31.6 Å². The number of nitrogens with zero attached hydrogens (tertiary/aromatic N) is 2. The lowest BCUT2D eigenvalue weighted by atomic mass is 9.82. The Morgan fingerprint density at radius 3 is 2.94 bits per heavy atom. The van der Waals surface area contributed by atoms with Crippen molar-refractivity contribution >= 4 is 10.9 Å². The number of hydrogen-bond acceptors (Lipinski definition) is 3. The molecule has 1 aliphatic rings. The summed E-state index contributed by atoms with van der Waals surface area (Å²) in [6.07, 6.45) is 1.82. The van der Waals surface area contributed by atoms with Crippen molar-refractivity contribution in [2.45, 2.75) is 25.5 Å². The lowest BCUT2D eigenvalue weighted by Crippen LogP contribution is -2.35. The summed E-state index contributed by atoms with van der Waals surface area (Å²) in [5.41, 5.74) is 2.28. The summed E-state index contributed by atoms with van der Waals surface area (Å²) in [6, 6.07) is 8.30. The zero-order chi connectivity index (χ0) is 12.5. The molecule has 3 rings (SSSR count). The third kappa shape index (κ3) is 2.13. The minimum atomic E-state index is -0.0625. The van der Waals surface area contributed by atoms with E-state index in [-0.39, 0.29) is 6.10 Å². The van der Waals surface area contributed by atoms with Gasteiger partial charge in [0.2, 0.25) is 0 Å². The Morgan fingerprint density at radius 1 is 1.39 bits per heavy atom. The first-order valence-corrected chi connectivity index (χ1v) is 6.53. The van der Waals surface area contributed by atoms with E-state index in [4.69, 9.17) is 0 Å². The molecule has 0 saturated heterocycles. The molecule has 0 radical (unpaired) electrons. The molecule has 0 spiro atoms. The van der Waals surface area contributed by atoms with Crippen LogP contribution >= 0.6 is 0 Å². The number of hydrogen-bond donors (Lipinski definition) is 2. The van der Waals surface area contributed by atoms with Gasteiger partial charge >= 0.3 is 0 Å². The van der Waals surface area contributed by atoms with Crippen LogP contribution in [0.1, 0.15) is 18.5 Å². The largest absolute Gasteiger partial charge is 0.393 e. The number of para-hydroxylation sites is 1. The van der Waals surface area contributed by atoms with Gasteiger partial charge in [0, 0.05) is 19.0 Å². The van der Waals surface area contributed by atoms with Gasteiger partial charge in [-0.1, -0.05) is 18.2 Å². The summed E-state index contributed by atoms with van der Waals surface area (Å²) >= 11 is 0. The monoisotopic (exact) mass is 245 g/mol. The summed E-state index contributed by atoms with van der Waals surface area (Å²) in [6.45, 7) is 1.77. The number of aliphatic hydroxyl groups excluding tert-OH is 1. The van der Waals surface area contributed by atoms with Crippen LogP contribution in [-0.2, 0) is 13.6 Å². The summed E-state index contributed by atoms with van der Waals surface area (Å²) in [5, 5.41) is 18.5. The Balaban J connectivity index is 1.64. The molecule has 18 heavy (non-hydrogen) atoms. The van der Waals surface area contributed by atoms with Gasteiger partial charge < -0.3 is 10.4 Å². The lowest BCUT2D eigenvalue weighted by molar-refractivity contribution is 0.0429. The minimum absolute atomic E-state index is 0.0625. The molecule has 4 nitrogen and oxygen atoms in total. The maximum Gasteiger partial charge on any atom is 0.0841 e. The molecular formula is C14H19N3O. The van der Waals surface area contributed by atoms with Gasteiger partial charge in [-0.15, -0.1) is 0 Å². The van der Waals surface area contributed by atoms with Crippen LogP contribution < -0.4 is 5.32 Å². The maximum atomic E-state index is 9.24. The second-order valence-electron chi connectivity index (χ2n) is 5.21. The molecule has 2 N–H and O–H groups in total. The van der Waals surface area contributed by atoms with Crippen molar-refractivity contribution in [1.82, 2.24) is 15.1 Å². The molecule has 1 aromatic heterocycles. The number of rotatable bonds is 4. The molecule has 0 aliphatic heterocycles. The molecule has 1 heterocycles. The molecule has 0 bridgehead atoms. The first-order valence-electron chi connectivity index (χ1n) is 6.53. The molecule has 2 aromatic rings. The van der Waals surface area contributed by atoms with Crippen LogP contribution in [0.4, 0.5) is 0 Å². The standard InChI is InChI=1S/C14H19N3O/c1-17-14-5-3-2-4-12(14)13(16-17)9-15-8-10-6-11(18)7-10/h2-5,10-11,15,18H,6-9H2,1H3. The summed E-state index contributed by atoms with van der Waals surface area (Å²) in [7, 11) is 1.98. The van der Waals surface area contributed by atoms with E-state index in [2.05, 4.69) is 28.6 Å². The van der Waals surface area contributed by atoms with Crippen LogP contribution in [0.3, 0.4) is 0 Å². The molecule has 1 fully saturated rings. The van der Waals surface area contributed by atoms with Gasteiger partial charge in [-0.2, -0.15) is 5.10 Å². The Morgan fingerprint density at radius 2 is 2.17 bits per heavy atom. The zero-order valence-electron chi connectivity index (χ0n) is 10.6. The number of benzene rings is 1. The van der Waals surface area contributed by atoms with Gasteiger partial charge in [-0.25, -0.2) is 0 Å². The van der Waals surface area contributed by atoms with Crippen LogP contribution in [0, 0.1) is 5.92 Å². The highest BCUT2D eigenvalue weighted by atomic mass is 16.3. The van der Waals surface area contributed by atoms with E-state index in [1.807, 2.05) is 17.8 Å². The van der Waals surface area contributed by atoms with E-state index in [1.165, 1.54) is 10.9 Å². The van der Waals surface area contributed by atoms with Gasteiger partial charge in [0.15, 0.2) is 0 Å². The van der Waals surface area contributed by atoms with Crippen molar-refractivity contribution in [2.24, 2.45) is 13.0 Å². The predicted molar refractivity (Wildman–Crippen MR) is 71.2 cm³/mol. The molecule has 96 valence electrons. The van der Waals surface area contributed by atoms with E-state index in [0.29, 0.717) is 5.92 Å². The van der Waals surface area contributed by atoms with E-state index >= 15 is 0 Å². The molecule has 1 saturated carbocycles. The fraction of sp³-hybridized carbons (Fsp3) is 0.500. The zero-order valence-corrected chi connectivity index (χ0v) is 10.6. The normalized spacial score (nSPS) is 23.2. The van der Waals surface area contributed by atoms with Gasteiger partial charge in [0.25, 0.3) is 0 Å². The number of aromatic nitrogens is 2. The van der Waals surface area contributed by atoms with E-state index < -0.39 is 0 Å². The van der Waals surface area contributed by atoms with Crippen molar-refractivity contribution in [3.05, 3.63) is 30.0 Å². The van der Waals surface area contributed by atoms with Crippen LogP contribution in [0.2, 0.25) is 0 Å². The first kappa shape index (κ1) is 11.7. The second kappa shape index (κ2) is 4.71. The number of aliphatic hydroxyl groups is 1. The van der Waals surface area contributed by atoms with Gasteiger partial charge in [0.05, 0.1) is 17.3 Å². The smallest absolute Gasteiger partial charge is 0.0841 e. The van der Waals surface area contributed by atoms with Crippen molar-refractivity contribution in [3.8, 4) is 0 Å². The fourth-order valence-corrected chi connectivity index (χ4v) is 2.68. The van der Waals surface area contributed by atoms with E-state index in [9.17, 15) is 5.11 Å². The Bertz CT molecular complexity index is 543. The molecular weight excluding hydrogens is 226 g/mol. The minimum Gasteiger partial charge on any atom is -0.393 e. The Labute approximate surface area is 107 Å². The quantitative estimate of drug-likeness (QED) is 0.857. The highest BCUT2D eigenvalue weighted by Gasteiger charge is 2.26. The predicted octanol–water partition coefficient (Wildman–Crippen LogP) is 1.43. The van der Waals surface area contributed by atoms with Crippen molar-refractivity contribution in [1.29, 1.82) is 0 Å². The lowest BCUT2D eigenvalue weighted by Gasteiger charge is -2.31. The fourth-order valence-electron chi connectivity index (χ4n) is 2.68. The molecule has 0 amide bonds. The van der Waals surface area contributed by atoms with E-state index in [1.54, 1.807) is 0 Å². The van der Waals surface area contributed by atoms with Crippen molar-refractivity contribution in [3.63, 3.8) is 0 Å². The maximum absolute atomic E-state index is 9.24.